The Labute approximate surface area is 218 Å². The van der Waals surface area contributed by atoms with Crippen molar-refractivity contribution in [1.29, 1.82) is 0 Å². The van der Waals surface area contributed by atoms with E-state index in [2.05, 4.69) is 63.7 Å². The molecule has 1 aliphatic carbocycles. The summed E-state index contributed by atoms with van der Waals surface area (Å²) >= 11 is 0. The number of aromatic nitrogens is 3. The van der Waals surface area contributed by atoms with Crippen molar-refractivity contribution in [2.75, 3.05) is 23.3 Å². The molecule has 1 aliphatic heterocycles. The SMILES string of the molecule is O=c1ccc2cnc(Nc3ccc(N4CCCCC4)cc3)nc2n1C(c1ccccc1)C1CCCCC1. The van der Waals surface area contributed by atoms with Crippen LogP contribution < -0.4 is 15.8 Å². The molecule has 1 unspecified atom stereocenters. The van der Waals surface area contributed by atoms with Crippen LogP contribution in [0.3, 0.4) is 0 Å². The van der Waals surface area contributed by atoms with Crippen LogP contribution >= 0.6 is 0 Å². The van der Waals surface area contributed by atoms with Crippen LogP contribution in [0.5, 0.6) is 0 Å². The van der Waals surface area contributed by atoms with E-state index in [1.165, 1.54) is 49.8 Å². The van der Waals surface area contributed by atoms with Gasteiger partial charge in [-0.15, -0.1) is 0 Å². The first kappa shape index (κ1) is 23.7. The molecular weight excluding hydrogens is 458 g/mol. The van der Waals surface area contributed by atoms with E-state index in [9.17, 15) is 4.79 Å². The molecular formula is C31H35N5O. The minimum absolute atomic E-state index is 0.0116. The van der Waals surface area contributed by atoms with Crippen LogP contribution in [0.2, 0.25) is 0 Å². The number of nitrogens with zero attached hydrogens (tertiary/aromatic N) is 4. The van der Waals surface area contributed by atoms with Gasteiger partial charge in [-0.05, 0) is 73.9 Å². The molecule has 6 rings (SSSR count). The van der Waals surface area contributed by atoms with Crippen LogP contribution in [0.4, 0.5) is 17.3 Å². The maximum atomic E-state index is 13.4. The van der Waals surface area contributed by atoms with Crippen molar-refractivity contribution in [2.24, 2.45) is 5.92 Å². The Kier molecular flexibility index (Phi) is 6.89. The molecule has 1 N–H and O–H groups in total. The summed E-state index contributed by atoms with van der Waals surface area (Å²) in [5.74, 6) is 0.918. The van der Waals surface area contributed by atoms with Gasteiger partial charge in [-0.1, -0.05) is 49.6 Å². The van der Waals surface area contributed by atoms with Crippen molar-refractivity contribution >= 4 is 28.4 Å². The van der Waals surface area contributed by atoms with Crippen molar-refractivity contribution in [3.05, 3.63) is 88.8 Å². The summed E-state index contributed by atoms with van der Waals surface area (Å²) in [6, 6.07) is 22.4. The summed E-state index contributed by atoms with van der Waals surface area (Å²) in [6.45, 7) is 2.25. The van der Waals surface area contributed by atoms with Gasteiger partial charge in [0.05, 0.1) is 6.04 Å². The summed E-state index contributed by atoms with van der Waals surface area (Å²) in [5, 5.41) is 4.25. The number of nitrogens with one attached hydrogen (secondary N) is 1. The van der Waals surface area contributed by atoms with Gasteiger partial charge in [0, 0.05) is 42.1 Å². The zero-order valence-corrected chi connectivity index (χ0v) is 21.4. The van der Waals surface area contributed by atoms with E-state index in [-0.39, 0.29) is 11.6 Å². The molecule has 37 heavy (non-hydrogen) atoms. The quantitative estimate of drug-likeness (QED) is 0.324. The second kappa shape index (κ2) is 10.8. The van der Waals surface area contributed by atoms with Gasteiger partial charge in [-0.25, -0.2) is 4.98 Å². The maximum absolute atomic E-state index is 13.4. The molecule has 4 aromatic rings. The topological polar surface area (TPSA) is 63.1 Å². The van der Waals surface area contributed by atoms with Gasteiger partial charge in [0.15, 0.2) is 0 Å². The molecule has 1 saturated heterocycles. The molecule has 190 valence electrons. The molecule has 1 saturated carbocycles. The lowest BCUT2D eigenvalue weighted by molar-refractivity contribution is 0.279. The first-order valence-corrected chi connectivity index (χ1v) is 13.8. The monoisotopic (exact) mass is 493 g/mol. The van der Waals surface area contributed by atoms with E-state index in [1.807, 2.05) is 22.9 Å². The number of hydrogen-bond donors (Lipinski definition) is 1. The molecule has 0 spiro atoms. The van der Waals surface area contributed by atoms with Crippen LogP contribution in [0.1, 0.15) is 63.0 Å². The number of hydrogen-bond acceptors (Lipinski definition) is 5. The Morgan fingerprint density at radius 2 is 1.54 bits per heavy atom. The Bertz CT molecular complexity index is 1390. The standard InChI is InChI=1S/C31H35N5O/c37-28-19-14-25-22-32-31(33-26-15-17-27(18-16-26)35-20-8-3-9-21-35)34-30(25)36(28)29(23-10-4-1-5-11-23)24-12-6-2-7-13-24/h1,4-5,10-11,14-19,22,24,29H,2-3,6-9,12-13,20-21H2,(H,32,33,34). The third-order valence-corrected chi connectivity index (χ3v) is 8.03. The Morgan fingerprint density at radius 1 is 0.811 bits per heavy atom. The average Bonchev–Trinajstić information content (AvgIpc) is 2.96. The molecule has 6 heteroatoms. The van der Waals surface area contributed by atoms with Crippen molar-refractivity contribution in [3.63, 3.8) is 0 Å². The highest BCUT2D eigenvalue weighted by Crippen LogP contribution is 2.37. The van der Waals surface area contributed by atoms with Gasteiger partial charge in [-0.2, -0.15) is 4.98 Å². The van der Waals surface area contributed by atoms with Gasteiger partial charge in [-0.3, -0.25) is 9.36 Å². The zero-order chi connectivity index (χ0) is 25.0. The highest BCUT2D eigenvalue weighted by atomic mass is 16.1. The highest BCUT2D eigenvalue weighted by molar-refractivity contribution is 5.76. The van der Waals surface area contributed by atoms with Crippen molar-refractivity contribution in [1.82, 2.24) is 14.5 Å². The van der Waals surface area contributed by atoms with Crippen LogP contribution in [-0.4, -0.2) is 27.6 Å². The average molecular weight is 494 g/mol. The Balaban J connectivity index is 1.35. The van der Waals surface area contributed by atoms with Gasteiger partial charge in [0.25, 0.3) is 5.56 Å². The number of fused-ring (bicyclic) bond motifs is 1. The van der Waals surface area contributed by atoms with Crippen molar-refractivity contribution < 1.29 is 0 Å². The van der Waals surface area contributed by atoms with Crippen molar-refractivity contribution in [2.45, 2.75) is 57.4 Å². The van der Waals surface area contributed by atoms with Gasteiger partial charge >= 0.3 is 0 Å². The second-order valence-corrected chi connectivity index (χ2v) is 10.5. The number of piperidine rings is 1. The lowest BCUT2D eigenvalue weighted by Crippen LogP contribution is -2.32. The van der Waals surface area contributed by atoms with Crippen LogP contribution in [0.25, 0.3) is 11.0 Å². The van der Waals surface area contributed by atoms with Crippen LogP contribution in [0, 0.1) is 5.92 Å². The minimum Gasteiger partial charge on any atom is -0.372 e. The van der Waals surface area contributed by atoms with E-state index in [0.717, 1.165) is 37.0 Å². The smallest absolute Gasteiger partial charge is 0.252 e. The molecule has 2 fully saturated rings. The van der Waals surface area contributed by atoms with E-state index in [0.29, 0.717) is 17.5 Å². The van der Waals surface area contributed by atoms with E-state index < -0.39 is 0 Å². The number of anilines is 3. The van der Waals surface area contributed by atoms with Crippen molar-refractivity contribution in [3.8, 4) is 0 Å². The van der Waals surface area contributed by atoms with E-state index in [4.69, 9.17) is 4.98 Å². The fourth-order valence-corrected chi connectivity index (χ4v) is 6.14. The largest absolute Gasteiger partial charge is 0.372 e. The van der Waals surface area contributed by atoms with Crippen LogP contribution in [-0.2, 0) is 0 Å². The summed E-state index contributed by atoms with van der Waals surface area (Å²) in [6.07, 6.45) is 11.6. The molecule has 1 atom stereocenters. The third kappa shape index (κ3) is 5.10. The molecule has 3 heterocycles. The van der Waals surface area contributed by atoms with Crippen LogP contribution in [0.15, 0.2) is 77.7 Å². The summed E-state index contributed by atoms with van der Waals surface area (Å²) in [5.41, 5.74) is 4.05. The molecule has 2 aromatic heterocycles. The summed E-state index contributed by atoms with van der Waals surface area (Å²) < 4.78 is 1.92. The second-order valence-electron chi connectivity index (χ2n) is 10.5. The summed E-state index contributed by atoms with van der Waals surface area (Å²) in [4.78, 5) is 25.4. The van der Waals surface area contributed by atoms with Gasteiger partial charge < -0.3 is 10.2 Å². The minimum atomic E-state index is -0.0377. The fourth-order valence-electron chi connectivity index (χ4n) is 6.14. The normalized spacial score (nSPS) is 17.6. The van der Waals surface area contributed by atoms with E-state index in [1.54, 1.807) is 6.07 Å². The number of rotatable bonds is 6. The lowest BCUT2D eigenvalue weighted by atomic mass is 9.81. The molecule has 0 amide bonds. The molecule has 0 radical (unpaired) electrons. The van der Waals surface area contributed by atoms with Gasteiger partial charge in [0.2, 0.25) is 5.95 Å². The van der Waals surface area contributed by atoms with Gasteiger partial charge in [0.1, 0.15) is 5.65 Å². The number of benzene rings is 2. The Morgan fingerprint density at radius 3 is 2.30 bits per heavy atom. The highest BCUT2D eigenvalue weighted by Gasteiger charge is 2.29. The molecule has 6 nitrogen and oxygen atoms in total. The maximum Gasteiger partial charge on any atom is 0.252 e. The first-order valence-electron chi connectivity index (χ1n) is 13.8. The third-order valence-electron chi connectivity index (χ3n) is 8.03. The summed E-state index contributed by atoms with van der Waals surface area (Å²) in [7, 11) is 0. The molecule has 2 aromatic carbocycles. The predicted molar refractivity (Wildman–Crippen MR) is 151 cm³/mol. The molecule has 0 bridgehead atoms. The number of pyridine rings is 1. The fraction of sp³-hybridized carbons (Fsp3) is 0.387. The first-order chi connectivity index (χ1) is 18.3. The van der Waals surface area contributed by atoms with E-state index >= 15 is 0 Å². The molecule has 2 aliphatic rings. The Hall–Kier alpha value is -3.67. The lowest BCUT2D eigenvalue weighted by Gasteiger charge is -2.32. The zero-order valence-electron chi connectivity index (χ0n) is 21.4. The predicted octanol–water partition coefficient (Wildman–Crippen LogP) is 6.70.